The maximum atomic E-state index is 10.9. The normalized spacial score (nSPS) is 11.6. The monoisotopic (exact) mass is 280 g/mol. The first-order valence-corrected chi connectivity index (χ1v) is 6.91. The lowest BCUT2D eigenvalue weighted by atomic mass is 9.88. The van der Waals surface area contributed by atoms with E-state index in [9.17, 15) is 10.1 Å². The Bertz CT molecular complexity index is 458. The second-order valence-corrected chi connectivity index (χ2v) is 5.97. The molecule has 1 rings (SSSR count). The third-order valence-electron chi connectivity index (χ3n) is 3.41. The Morgan fingerprint density at radius 1 is 1.40 bits per heavy atom. The van der Waals surface area contributed by atoms with Gasteiger partial charge in [-0.1, -0.05) is 26.0 Å². The van der Waals surface area contributed by atoms with Crippen LogP contribution in [0.2, 0.25) is 0 Å². The van der Waals surface area contributed by atoms with Crippen LogP contribution in [0.4, 0.5) is 5.69 Å². The molecule has 0 aliphatic rings. The minimum atomic E-state index is -0.343. The van der Waals surface area contributed by atoms with E-state index in [0.717, 1.165) is 24.9 Å². The first-order chi connectivity index (χ1) is 9.35. The molecule has 2 N–H and O–H groups in total. The van der Waals surface area contributed by atoms with Gasteiger partial charge in [0.1, 0.15) is 0 Å². The molecule has 0 amide bonds. The average Bonchev–Trinajstić information content (AvgIpc) is 2.38. The van der Waals surface area contributed by atoms with E-state index in [-0.39, 0.29) is 22.6 Å². The van der Waals surface area contributed by atoms with E-state index >= 15 is 0 Å². The molecule has 0 bridgehead atoms. The molecular weight excluding hydrogens is 256 g/mol. The third kappa shape index (κ3) is 5.27. The van der Waals surface area contributed by atoms with Gasteiger partial charge in [-0.05, 0) is 30.7 Å². The van der Waals surface area contributed by atoms with Gasteiger partial charge in [0.2, 0.25) is 0 Å². The predicted molar refractivity (Wildman–Crippen MR) is 79.6 cm³/mol. The molecule has 0 saturated heterocycles. The molecule has 0 saturated carbocycles. The molecule has 0 heterocycles. The Kier molecular flexibility index (Phi) is 6.10. The van der Waals surface area contributed by atoms with Crippen molar-refractivity contribution in [2.75, 3.05) is 13.2 Å². The summed E-state index contributed by atoms with van der Waals surface area (Å²) in [4.78, 5) is 10.5. The lowest BCUT2D eigenvalue weighted by Gasteiger charge is -2.24. The van der Waals surface area contributed by atoms with E-state index < -0.39 is 0 Å². The summed E-state index contributed by atoms with van der Waals surface area (Å²) < 4.78 is 0. The number of hydrogen-bond acceptors (Lipinski definition) is 4. The lowest BCUT2D eigenvalue weighted by molar-refractivity contribution is -0.385. The molecule has 5 nitrogen and oxygen atoms in total. The topological polar surface area (TPSA) is 75.4 Å². The van der Waals surface area contributed by atoms with Crippen molar-refractivity contribution in [2.45, 2.75) is 40.2 Å². The van der Waals surface area contributed by atoms with Crippen LogP contribution in [0.1, 0.15) is 37.8 Å². The number of nitro groups is 1. The smallest absolute Gasteiger partial charge is 0.272 e. The second kappa shape index (κ2) is 7.36. The summed E-state index contributed by atoms with van der Waals surface area (Å²) in [7, 11) is 0. The van der Waals surface area contributed by atoms with Crippen molar-refractivity contribution in [2.24, 2.45) is 5.41 Å². The number of nitrogens with one attached hydrogen (secondary N) is 1. The predicted octanol–water partition coefficient (Wildman–Crippen LogP) is 2.79. The van der Waals surface area contributed by atoms with Gasteiger partial charge in [0.05, 0.1) is 4.92 Å². The third-order valence-corrected chi connectivity index (χ3v) is 3.41. The summed E-state index contributed by atoms with van der Waals surface area (Å²) in [6, 6.07) is 5.32. The molecule has 0 fully saturated rings. The van der Waals surface area contributed by atoms with Gasteiger partial charge in [-0.2, -0.15) is 0 Å². The zero-order chi connectivity index (χ0) is 15.2. The maximum absolute atomic E-state index is 10.9. The standard InChI is InChI=1S/C15H24N2O3/c1-12-5-6-13(9-14(12)17(19)20)10-16-11-15(2,3)7-4-8-18/h5-6,9,16,18H,4,7-8,10-11H2,1-3H3. The number of aliphatic hydroxyl groups is 1. The maximum Gasteiger partial charge on any atom is 0.272 e. The van der Waals surface area contributed by atoms with Crippen LogP contribution in [0.3, 0.4) is 0 Å². The Morgan fingerprint density at radius 2 is 2.10 bits per heavy atom. The highest BCUT2D eigenvalue weighted by Crippen LogP contribution is 2.22. The summed E-state index contributed by atoms with van der Waals surface area (Å²) >= 11 is 0. The number of benzene rings is 1. The number of aliphatic hydroxyl groups excluding tert-OH is 1. The quantitative estimate of drug-likeness (QED) is 0.567. The van der Waals surface area contributed by atoms with Crippen LogP contribution in [0.25, 0.3) is 0 Å². The summed E-state index contributed by atoms with van der Waals surface area (Å²) in [5, 5.41) is 23.1. The molecule has 112 valence electrons. The molecule has 0 aliphatic carbocycles. The molecule has 0 radical (unpaired) electrons. The van der Waals surface area contributed by atoms with Crippen molar-refractivity contribution in [1.82, 2.24) is 5.32 Å². The molecule has 5 heteroatoms. The Hall–Kier alpha value is -1.46. The lowest BCUT2D eigenvalue weighted by Crippen LogP contribution is -2.29. The van der Waals surface area contributed by atoms with Crippen LogP contribution in [0.15, 0.2) is 18.2 Å². The number of aryl methyl sites for hydroxylation is 1. The van der Waals surface area contributed by atoms with Gasteiger partial charge in [-0.3, -0.25) is 10.1 Å². The fraction of sp³-hybridized carbons (Fsp3) is 0.600. The van der Waals surface area contributed by atoms with E-state index in [2.05, 4.69) is 19.2 Å². The van der Waals surface area contributed by atoms with Gasteiger partial charge in [0.15, 0.2) is 0 Å². The molecule has 0 atom stereocenters. The van der Waals surface area contributed by atoms with Crippen molar-refractivity contribution < 1.29 is 10.0 Å². The first kappa shape index (κ1) is 16.6. The zero-order valence-corrected chi connectivity index (χ0v) is 12.5. The number of rotatable bonds is 8. The van der Waals surface area contributed by atoms with Crippen LogP contribution in [-0.2, 0) is 6.54 Å². The van der Waals surface area contributed by atoms with Crippen molar-refractivity contribution in [1.29, 1.82) is 0 Å². The van der Waals surface area contributed by atoms with Gasteiger partial charge in [-0.15, -0.1) is 0 Å². The zero-order valence-electron chi connectivity index (χ0n) is 12.5. The van der Waals surface area contributed by atoms with Crippen LogP contribution in [0, 0.1) is 22.5 Å². The summed E-state index contributed by atoms with van der Waals surface area (Å²) in [6.07, 6.45) is 1.75. The van der Waals surface area contributed by atoms with Crippen LogP contribution < -0.4 is 5.32 Å². The van der Waals surface area contributed by atoms with Crippen molar-refractivity contribution >= 4 is 5.69 Å². The van der Waals surface area contributed by atoms with Gasteiger partial charge < -0.3 is 10.4 Å². The summed E-state index contributed by atoms with van der Waals surface area (Å²) in [5.74, 6) is 0. The van der Waals surface area contributed by atoms with E-state index in [1.54, 1.807) is 19.1 Å². The fourth-order valence-electron chi connectivity index (χ4n) is 2.15. The highest BCUT2D eigenvalue weighted by atomic mass is 16.6. The van der Waals surface area contributed by atoms with Gasteiger partial charge >= 0.3 is 0 Å². The van der Waals surface area contributed by atoms with Crippen LogP contribution >= 0.6 is 0 Å². The molecule has 0 spiro atoms. The Labute approximate surface area is 120 Å². The second-order valence-electron chi connectivity index (χ2n) is 5.97. The van der Waals surface area contributed by atoms with E-state index in [1.807, 2.05) is 6.07 Å². The van der Waals surface area contributed by atoms with Gasteiger partial charge in [0, 0.05) is 31.3 Å². The largest absolute Gasteiger partial charge is 0.396 e. The molecule has 0 aromatic heterocycles. The van der Waals surface area contributed by atoms with E-state index in [1.165, 1.54) is 0 Å². The Balaban J connectivity index is 2.54. The summed E-state index contributed by atoms with van der Waals surface area (Å²) in [6.45, 7) is 7.68. The van der Waals surface area contributed by atoms with Gasteiger partial charge in [-0.25, -0.2) is 0 Å². The summed E-state index contributed by atoms with van der Waals surface area (Å²) in [5.41, 5.74) is 1.88. The molecule has 0 aliphatic heterocycles. The van der Waals surface area contributed by atoms with Gasteiger partial charge in [0.25, 0.3) is 5.69 Å². The van der Waals surface area contributed by atoms with Crippen molar-refractivity contribution in [3.63, 3.8) is 0 Å². The first-order valence-electron chi connectivity index (χ1n) is 6.91. The molecular formula is C15H24N2O3. The number of hydrogen-bond donors (Lipinski definition) is 2. The van der Waals surface area contributed by atoms with E-state index in [0.29, 0.717) is 12.1 Å². The molecule has 1 aromatic carbocycles. The van der Waals surface area contributed by atoms with Crippen LogP contribution in [-0.4, -0.2) is 23.2 Å². The molecule has 20 heavy (non-hydrogen) atoms. The minimum absolute atomic E-state index is 0.110. The fourth-order valence-corrected chi connectivity index (χ4v) is 2.15. The molecule has 0 unspecified atom stereocenters. The molecule has 1 aromatic rings. The Morgan fingerprint density at radius 3 is 2.70 bits per heavy atom. The minimum Gasteiger partial charge on any atom is -0.396 e. The average molecular weight is 280 g/mol. The highest BCUT2D eigenvalue weighted by Gasteiger charge is 2.17. The number of nitrogens with zero attached hydrogens (tertiary/aromatic N) is 1. The van der Waals surface area contributed by atoms with Crippen molar-refractivity contribution in [3.8, 4) is 0 Å². The van der Waals surface area contributed by atoms with Crippen LogP contribution in [0.5, 0.6) is 0 Å². The van der Waals surface area contributed by atoms with E-state index in [4.69, 9.17) is 5.11 Å². The number of nitro benzene ring substituents is 1. The van der Waals surface area contributed by atoms with Crippen molar-refractivity contribution in [3.05, 3.63) is 39.4 Å². The highest BCUT2D eigenvalue weighted by molar-refractivity contribution is 5.42. The SMILES string of the molecule is Cc1ccc(CNCC(C)(C)CCCO)cc1[N+](=O)[O-].